The third-order valence-corrected chi connectivity index (χ3v) is 5.44. The van der Waals surface area contributed by atoms with Crippen molar-refractivity contribution in [2.24, 2.45) is 5.92 Å². The summed E-state index contributed by atoms with van der Waals surface area (Å²) < 4.78 is 5.54. The van der Waals surface area contributed by atoms with Gasteiger partial charge in [0.05, 0.1) is 6.61 Å². The Hall–Kier alpha value is -1.62. The minimum absolute atomic E-state index is 0.0646. The summed E-state index contributed by atoms with van der Waals surface area (Å²) in [6.45, 7) is 7.75. The van der Waals surface area contributed by atoms with E-state index < -0.39 is 0 Å². The smallest absolute Gasteiger partial charge is 0.256 e. The van der Waals surface area contributed by atoms with Crippen LogP contribution in [0.2, 0.25) is 0 Å². The topological polar surface area (TPSA) is 54.5 Å². The number of pyridine rings is 1. The molecule has 1 N–H and O–H groups in total. The summed E-state index contributed by atoms with van der Waals surface area (Å²) in [6.07, 6.45) is 7.67. The molecule has 3 rings (SSSR count). The first kappa shape index (κ1) is 18.2. The molecule has 0 radical (unpaired) electrons. The van der Waals surface area contributed by atoms with Crippen LogP contribution in [0.5, 0.6) is 5.88 Å². The molecule has 25 heavy (non-hydrogen) atoms. The number of ether oxygens (including phenoxy) is 1. The molecule has 0 aromatic carbocycles. The SMILES string of the molecule is CCOc1nc(C)ccc1C(=O)NC1CCN(CC2CCCC2)CC1. The number of carbonyl (C=O) groups excluding carboxylic acids is 1. The molecule has 5 heteroatoms. The van der Waals surface area contributed by atoms with E-state index in [4.69, 9.17) is 4.74 Å². The lowest BCUT2D eigenvalue weighted by Gasteiger charge is -2.33. The van der Waals surface area contributed by atoms with Crippen LogP contribution in [0.3, 0.4) is 0 Å². The molecule has 0 atom stereocenters. The summed E-state index contributed by atoms with van der Waals surface area (Å²) in [5, 5.41) is 3.18. The van der Waals surface area contributed by atoms with Gasteiger partial charge in [0, 0.05) is 31.4 Å². The Labute approximate surface area is 151 Å². The number of hydrogen-bond acceptors (Lipinski definition) is 4. The molecule has 1 saturated heterocycles. The Morgan fingerprint density at radius 3 is 2.64 bits per heavy atom. The van der Waals surface area contributed by atoms with Gasteiger partial charge in [-0.05, 0) is 57.6 Å². The zero-order chi connectivity index (χ0) is 17.6. The molecule has 1 aromatic heterocycles. The lowest BCUT2D eigenvalue weighted by Crippen LogP contribution is -2.45. The van der Waals surface area contributed by atoms with E-state index in [0.29, 0.717) is 18.1 Å². The van der Waals surface area contributed by atoms with Crippen LogP contribution < -0.4 is 10.1 Å². The summed E-state index contributed by atoms with van der Waals surface area (Å²) >= 11 is 0. The average molecular weight is 345 g/mol. The Kier molecular flexibility index (Phi) is 6.29. The lowest BCUT2D eigenvalue weighted by atomic mass is 10.0. The molecule has 1 aliphatic carbocycles. The van der Waals surface area contributed by atoms with Gasteiger partial charge in [-0.2, -0.15) is 0 Å². The second-order valence-electron chi connectivity index (χ2n) is 7.44. The van der Waals surface area contributed by atoms with Crippen molar-refractivity contribution >= 4 is 5.91 Å². The summed E-state index contributed by atoms with van der Waals surface area (Å²) in [4.78, 5) is 19.6. The molecule has 2 aliphatic rings. The predicted molar refractivity (Wildman–Crippen MR) is 99.0 cm³/mol. The van der Waals surface area contributed by atoms with Crippen LogP contribution in [0.15, 0.2) is 12.1 Å². The van der Waals surface area contributed by atoms with Crippen molar-refractivity contribution in [3.63, 3.8) is 0 Å². The van der Waals surface area contributed by atoms with Crippen LogP contribution in [0.1, 0.15) is 61.5 Å². The maximum Gasteiger partial charge on any atom is 0.256 e. The Morgan fingerprint density at radius 2 is 1.96 bits per heavy atom. The van der Waals surface area contributed by atoms with Gasteiger partial charge in [-0.3, -0.25) is 4.79 Å². The molecule has 2 fully saturated rings. The van der Waals surface area contributed by atoms with Crippen LogP contribution in [-0.4, -0.2) is 48.1 Å². The monoisotopic (exact) mass is 345 g/mol. The van der Waals surface area contributed by atoms with Gasteiger partial charge in [0.1, 0.15) is 5.56 Å². The van der Waals surface area contributed by atoms with Crippen molar-refractivity contribution in [2.45, 2.75) is 58.4 Å². The highest BCUT2D eigenvalue weighted by Crippen LogP contribution is 2.26. The van der Waals surface area contributed by atoms with Gasteiger partial charge in [0.2, 0.25) is 5.88 Å². The quantitative estimate of drug-likeness (QED) is 0.860. The number of nitrogens with zero attached hydrogens (tertiary/aromatic N) is 2. The standard InChI is InChI=1S/C20H31N3O2/c1-3-25-20-18(9-8-15(2)21-20)19(24)22-17-10-12-23(13-11-17)14-16-6-4-5-7-16/h8-9,16-17H,3-7,10-14H2,1-2H3,(H,22,24). The Balaban J connectivity index is 1.50. The summed E-state index contributed by atoms with van der Waals surface area (Å²) in [5.41, 5.74) is 1.40. The fraction of sp³-hybridized carbons (Fsp3) is 0.700. The average Bonchev–Trinajstić information content (AvgIpc) is 3.10. The largest absolute Gasteiger partial charge is 0.477 e. The minimum Gasteiger partial charge on any atom is -0.477 e. The molecular formula is C20H31N3O2. The van der Waals surface area contributed by atoms with E-state index in [2.05, 4.69) is 15.2 Å². The van der Waals surface area contributed by atoms with E-state index in [-0.39, 0.29) is 11.9 Å². The van der Waals surface area contributed by atoms with E-state index in [9.17, 15) is 4.79 Å². The van der Waals surface area contributed by atoms with Gasteiger partial charge >= 0.3 is 0 Å². The zero-order valence-electron chi connectivity index (χ0n) is 15.6. The highest BCUT2D eigenvalue weighted by molar-refractivity contribution is 5.96. The number of hydrogen-bond donors (Lipinski definition) is 1. The lowest BCUT2D eigenvalue weighted by molar-refractivity contribution is 0.0901. The van der Waals surface area contributed by atoms with E-state index in [1.54, 1.807) is 0 Å². The van der Waals surface area contributed by atoms with E-state index in [1.165, 1.54) is 32.2 Å². The number of carbonyl (C=O) groups is 1. The van der Waals surface area contributed by atoms with E-state index >= 15 is 0 Å². The van der Waals surface area contributed by atoms with Gasteiger partial charge < -0.3 is 15.0 Å². The van der Waals surface area contributed by atoms with Crippen molar-refractivity contribution < 1.29 is 9.53 Å². The molecule has 0 spiro atoms. The molecule has 0 bridgehead atoms. The number of rotatable bonds is 6. The third kappa shape index (κ3) is 4.94. The first-order valence-electron chi connectivity index (χ1n) is 9.79. The number of likely N-dealkylation sites (tertiary alicyclic amines) is 1. The number of aryl methyl sites for hydroxylation is 1. The van der Waals surface area contributed by atoms with Gasteiger partial charge in [0.15, 0.2) is 0 Å². The number of aromatic nitrogens is 1. The van der Waals surface area contributed by atoms with Crippen molar-refractivity contribution in [1.82, 2.24) is 15.2 Å². The van der Waals surface area contributed by atoms with Crippen molar-refractivity contribution in [2.75, 3.05) is 26.2 Å². The molecule has 1 saturated carbocycles. The Bertz CT molecular complexity index is 576. The fourth-order valence-electron chi connectivity index (χ4n) is 4.03. The second kappa shape index (κ2) is 8.65. The molecule has 2 heterocycles. The molecule has 1 aliphatic heterocycles. The predicted octanol–water partition coefficient (Wildman–Crippen LogP) is 3.17. The molecule has 1 amide bonds. The maximum atomic E-state index is 12.6. The van der Waals surface area contributed by atoms with E-state index in [0.717, 1.165) is 37.5 Å². The van der Waals surface area contributed by atoms with Crippen LogP contribution >= 0.6 is 0 Å². The molecule has 1 aromatic rings. The molecule has 138 valence electrons. The fourth-order valence-corrected chi connectivity index (χ4v) is 4.03. The molecule has 0 unspecified atom stereocenters. The van der Waals surface area contributed by atoms with E-state index in [1.807, 2.05) is 26.0 Å². The second-order valence-corrected chi connectivity index (χ2v) is 7.44. The highest BCUT2D eigenvalue weighted by Gasteiger charge is 2.25. The summed E-state index contributed by atoms with van der Waals surface area (Å²) in [6, 6.07) is 3.93. The van der Waals surface area contributed by atoms with Crippen LogP contribution in [-0.2, 0) is 0 Å². The number of piperidine rings is 1. The van der Waals surface area contributed by atoms with Gasteiger partial charge in [0.25, 0.3) is 5.91 Å². The zero-order valence-corrected chi connectivity index (χ0v) is 15.6. The van der Waals surface area contributed by atoms with Crippen LogP contribution in [0, 0.1) is 12.8 Å². The number of nitrogens with one attached hydrogen (secondary N) is 1. The van der Waals surface area contributed by atoms with Crippen molar-refractivity contribution in [3.05, 3.63) is 23.4 Å². The maximum absolute atomic E-state index is 12.6. The molecule has 5 nitrogen and oxygen atoms in total. The van der Waals surface area contributed by atoms with Crippen molar-refractivity contribution in [3.8, 4) is 5.88 Å². The highest BCUT2D eigenvalue weighted by atomic mass is 16.5. The summed E-state index contributed by atoms with van der Waals surface area (Å²) in [7, 11) is 0. The molecular weight excluding hydrogens is 314 g/mol. The normalized spacial score (nSPS) is 19.9. The van der Waals surface area contributed by atoms with Crippen LogP contribution in [0.25, 0.3) is 0 Å². The van der Waals surface area contributed by atoms with Crippen LogP contribution in [0.4, 0.5) is 0 Å². The van der Waals surface area contributed by atoms with Crippen molar-refractivity contribution in [1.29, 1.82) is 0 Å². The van der Waals surface area contributed by atoms with Gasteiger partial charge in [-0.15, -0.1) is 0 Å². The minimum atomic E-state index is -0.0646. The number of amides is 1. The first-order chi connectivity index (χ1) is 12.2. The third-order valence-electron chi connectivity index (χ3n) is 5.44. The first-order valence-corrected chi connectivity index (χ1v) is 9.79. The summed E-state index contributed by atoms with van der Waals surface area (Å²) in [5.74, 6) is 1.28. The van der Waals surface area contributed by atoms with Gasteiger partial charge in [-0.25, -0.2) is 4.98 Å². The van der Waals surface area contributed by atoms with Gasteiger partial charge in [-0.1, -0.05) is 12.8 Å². The Morgan fingerprint density at radius 1 is 1.24 bits per heavy atom.